The van der Waals surface area contributed by atoms with Crippen molar-refractivity contribution in [1.29, 1.82) is 0 Å². The average Bonchev–Trinajstić information content (AvgIpc) is 3.33. The van der Waals surface area contributed by atoms with Crippen molar-refractivity contribution >= 4 is 17.5 Å². The van der Waals surface area contributed by atoms with Crippen LogP contribution in [0.3, 0.4) is 0 Å². The van der Waals surface area contributed by atoms with E-state index in [2.05, 4.69) is 27.7 Å². The minimum Gasteiger partial charge on any atom is -0.472 e. The van der Waals surface area contributed by atoms with Gasteiger partial charge in [0.25, 0.3) is 5.91 Å². The Hall–Kier alpha value is -2.76. The number of benzene rings is 1. The number of hydrogen-bond acceptors (Lipinski definition) is 4. The standard InChI is InChI=1S/C19H23N3O3/c1-14(21-19(24)16-8-11-25-13-16)18(23)20-12-15-4-6-17(7-5-15)22-9-2-3-10-22/h4-8,11,13-14H,2-3,9-10,12H2,1H3,(H,20,23)(H,21,24)/t14-/m1/s1. The summed E-state index contributed by atoms with van der Waals surface area (Å²) in [7, 11) is 0. The van der Waals surface area contributed by atoms with Crippen molar-refractivity contribution < 1.29 is 14.0 Å². The Labute approximate surface area is 147 Å². The van der Waals surface area contributed by atoms with E-state index in [1.54, 1.807) is 13.0 Å². The van der Waals surface area contributed by atoms with Crippen LogP contribution in [-0.2, 0) is 11.3 Å². The van der Waals surface area contributed by atoms with Gasteiger partial charge < -0.3 is 20.0 Å². The molecule has 2 heterocycles. The van der Waals surface area contributed by atoms with Gasteiger partial charge in [-0.2, -0.15) is 0 Å². The van der Waals surface area contributed by atoms with Gasteiger partial charge in [0.2, 0.25) is 5.91 Å². The molecule has 0 spiro atoms. The van der Waals surface area contributed by atoms with Crippen molar-refractivity contribution in [3.63, 3.8) is 0 Å². The van der Waals surface area contributed by atoms with E-state index in [1.807, 2.05) is 12.1 Å². The number of amides is 2. The van der Waals surface area contributed by atoms with Crippen LogP contribution in [0.2, 0.25) is 0 Å². The second-order valence-corrected chi connectivity index (χ2v) is 6.29. The lowest BCUT2D eigenvalue weighted by Gasteiger charge is -2.18. The van der Waals surface area contributed by atoms with Crippen molar-refractivity contribution in [3.05, 3.63) is 54.0 Å². The summed E-state index contributed by atoms with van der Waals surface area (Å²) in [5.41, 5.74) is 2.66. The Bertz CT molecular complexity index is 704. The highest BCUT2D eigenvalue weighted by atomic mass is 16.3. The van der Waals surface area contributed by atoms with E-state index in [0.717, 1.165) is 18.7 Å². The van der Waals surface area contributed by atoms with Gasteiger partial charge in [-0.3, -0.25) is 9.59 Å². The van der Waals surface area contributed by atoms with Crippen molar-refractivity contribution in [2.24, 2.45) is 0 Å². The first kappa shape index (κ1) is 17.1. The number of hydrogen-bond donors (Lipinski definition) is 2. The summed E-state index contributed by atoms with van der Waals surface area (Å²) in [5.74, 6) is -0.549. The molecule has 1 aromatic heterocycles. The molecule has 1 atom stereocenters. The van der Waals surface area contributed by atoms with E-state index in [-0.39, 0.29) is 11.8 Å². The number of carbonyl (C=O) groups excluding carboxylic acids is 2. The summed E-state index contributed by atoms with van der Waals surface area (Å²) in [6.07, 6.45) is 5.27. The lowest BCUT2D eigenvalue weighted by molar-refractivity contribution is -0.122. The summed E-state index contributed by atoms with van der Waals surface area (Å²) < 4.78 is 4.86. The fourth-order valence-electron chi connectivity index (χ4n) is 2.88. The van der Waals surface area contributed by atoms with E-state index in [0.29, 0.717) is 12.1 Å². The van der Waals surface area contributed by atoms with Gasteiger partial charge in [-0.15, -0.1) is 0 Å². The maximum atomic E-state index is 12.1. The van der Waals surface area contributed by atoms with Gasteiger partial charge in [0.15, 0.2) is 0 Å². The lowest BCUT2D eigenvalue weighted by atomic mass is 10.2. The third-order valence-corrected chi connectivity index (χ3v) is 4.40. The second-order valence-electron chi connectivity index (χ2n) is 6.29. The molecule has 0 bridgehead atoms. The Balaban J connectivity index is 1.47. The van der Waals surface area contributed by atoms with Crippen molar-refractivity contribution in [3.8, 4) is 0 Å². The number of furan rings is 1. The van der Waals surface area contributed by atoms with Crippen LogP contribution in [0.5, 0.6) is 0 Å². The van der Waals surface area contributed by atoms with Gasteiger partial charge in [0.05, 0.1) is 11.8 Å². The molecule has 3 rings (SSSR count). The largest absolute Gasteiger partial charge is 0.472 e. The monoisotopic (exact) mass is 341 g/mol. The number of rotatable bonds is 6. The predicted molar refractivity (Wildman–Crippen MR) is 95.4 cm³/mol. The molecule has 0 radical (unpaired) electrons. The summed E-state index contributed by atoms with van der Waals surface area (Å²) in [6.45, 7) is 4.32. The van der Waals surface area contributed by atoms with E-state index < -0.39 is 6.04 Å². The second kappa shape index (κ2) is 7.88. The van der Waals surface area contributed by atoms with Crippen LogP contribution >= 0.6 is 0 Å². The topological polar surface area (TPSA) is 74.6 Å². The van der Waals surface area contributed by atoms with Crippen LogP contribution in [0, 0.1) is 0 Å². The lowest BCUT2D eigenvalue weighted by Crippen LogP contribution is -2.44. The molecule has 1 fully saturated rings. The van der Waals surface area contributed by atoms with Crippen molar-refractivity contribution in [2.75, 3.05) is 18.0 Å². The number of anilines is 1. The Morgan fingerprint density at radius 2 is 1.88 bits per heavy atom. The molecule has 2 aromatic rings. The molecule has 25 heavy (non-hydrogen) atoms. The van der Waals surface area contributed by atoms with E-state index in [1.165, 1.54) is 31.1 Å². The molecule has 1 saturated heterocycles. The quantitative estimate of drug-likeness (QED) is 0.845. The van der Waals surface area contributed by atoms with Crippen molar-refractivity contribution in [2.45, 2.75) is 32.4 Å². The van der Waals surface area contributed by atoms with Crippen LogP contribution in [0.1, 0.15) is 35.7 Å². The molecule has 0 unspecified atom stereocenters. The fraction of sp³-hybridized carbons (Fsp3) is 0.368. The molecule has 6 heteroatoms. The number of carbonyl (C=O) groups is 2. The van der Waals surface area contributed by atoms with Crippen LogP contribution in [0.15, 0.2) is 47.3 Å². The first-order valence-electron chi connectivity index (χ1n) is 8.58. The minimum absolute atomic E-state index is 0.222. The zero-order valence-corrected chi connectivity index (χ0v) is 14.3. The molecule has 2 amide bonds. The highest BCUT2D eigenvalue weighted by molar-refractivity contribution is 5.97. The first-order chi connectivity index (χ1) is 12.1. The van der Waals surface area contributed by atoms with Crippen molar-refractivity contribution in [1.82, 2.24) is 10.6 Å². The van der Waals surface area contributed by atoms with Gasteiger partial charge >= 0.3 is 0 Å². The molecule has 132 valence electrons. The normalized spacial score (nSPS) is 15.0. The van der Waals surface area contributed by atoms with Gasteiger partial charge in [-0.25, -0.2) is 0 Å². The highest BCUT2D eigenvalue weighted by Gasteiger charge is 2.17. The summed E-state index contributed by atoms with van der Waals surface area (Å²) >= 11 is 0. The Morgan fingerprint density at radius 3 is 2.52 bits per heavy atom. The predicted octanol–water partition coefficient (Wildman–Crippen LogP) is 2.31. The minimum atomic E-state index is -0.619. The van der Waals surface area contributed by atoms with Gasteiger partial charge in [0.1, 0.15) is 12.3 Å². The Morgan fingerprint density at radius 1 is 1.16 bits per heavy atom. The Kier molecular flexibility index (Phi) is 5.38. The SMILES string of the molecule is C[C@@H](NC(=O)c1ccoc1)C(=O)NCc1ccc(N2CCCC2)cc1. The summed E-state index contributed by atoms with van der Waals surface area (Å²) in [6, 6.07) is 9.19. The van der Waals surface area contributed by atoms with Crippen LogP contribution in [-0.4, -0.2) is 30.9 Å². The molecular formula is C19H23N3O3. The van der Waals surface area contributed by atoms with Gasteiger partial charge in [-0.05, 0) is 43.5 Å². The first-order valence-corrected chi connectivity index (χ1v) is 8.58. The number of nitrogens with one attached hydrogen (secondary N) is 2. The maximum Gasteiger partial charge on any atom is 0.255 e. The zero-order valence-electron chi connectivity index (χ0n) is 14.3. The highest BCUT2D eigenvalue weighted by Crippen LogP contribution is 2.20. The van der Waals surface area contributed by atoms with E-state index in [4.69, 9.17) is 4.42 Å². The fourth-order valence-corrected chi connectivity index (χ4v) is 2.88. The molecule has 1 aliphatic heterocycles. The van der Waals surface area contributed by atoms with E-state index >= 15 is 0 Å². The molecular weight excluding hydrogens is 318 g/mol. The molecule has 1 aliphatic rings. The zero-order chi connectivity index (χ0) is 17.6. The maximum absolute atomic E-state index is 12.1. The summed E-state index contributed by atoms with van der Waals surface area (Å²) in [4.78, 5) is 26.4. The van der Waals surface area contributed by atoms with Crippen LogP contribution < -0.4 is 15.5 Å². The van der Waals surface area contributed by atoms with Gasteiger partial charge in [-0.1, -0.05) is 12.1 Å². The molecule has 6 nitrogen and oxygen atoms in total. The molecule has 1 aromatic carbocycles. The molecule has 0 saturated carbocycles. The van der Waals surface area contributed by atoms with Crippen LogP contribution in [0.4, 0.5) is 5.69 Å². The smallest absolute Gasteiger partial charge is 0.255 e. The average molecular weight is 341 g/mol. The van der Waals surface area contributed by atoms with E-state index in [9.17, 15) is 9.59 Å². The molecule has 2 N–H and O–H groups in total. The molecule has 0 aliphatic carbocycles. The van der Waals surface area contributed by atoms with Crippen LogP contribution in [0.25, 0.3) is 0 Å². The summed E-state index contributed by atoms with van der Waals surface area (Å²) in [5, 5.41) is 5.49. The third kappa shape index (κ3) is 4.41. The number of nitrogens with zero attached hydrogens (tertiary/aromatic N) is 1. The van der Waals surface area contributed by atoms with Gasteiger partial charge in [0, 0.05) is 25.3 Å². The third-order valence-electron chi connectivity index (χ3n) is 4.40.